The molecule has 0 saturated heterocycles. The Morgan fingerprint density at radius 2 is 1.75 bits per heavy atom. The Bertz CT molecular complexity index is 628. The van der Waals surface area contributed by atoms with Crippen LogP contribution in [0.5, 0.6) is 0 Å². The van der Waals surface area contributed by atoms with Crippen LogP contribution in [0.4, 0.5) is 5.69 Å². The van der Waals surface area contributed by atoms with E-state index >= 15 is 0 Å². The Hall–Kier alpha value is -2.09. The maximum absolute atomic E-state index is 12.1. The van der Waals surface area contributed by atoms with E-state index in [0.29, 0.717) is 5.92 Å². The van der Waals surface area contributed by atoms with Crippen LogP contribution in [0.15, 0.2) is 48.5 Å². The van der Waals surface area contributed by atoms with E-state index in [1.165, 1.54) is 11.1 Å². The number of hydrogen-bond acceptors (Lipinski definition) is 1. The fourth-order valence-electron chi connectivity index (χ4n) is 2.75. The lowest BCUT2D eigenvalue weighted by atomic mass is 9.92. The van der Waals surface area contributed by atoms with E-state index in [0.717, 1.165) is 17.7 Å². The molecule has 2 heteroatoms. The van der Waals surface area contributed by atoms with E-state index < -0.39 is 0 Å². The maximum atomic E-state index is 12.1. The minimum absolute atomic E-state index is 0.0592. The number of amides is 1. The van der Waals surface area contributed by atoms with Gasteiger partial charge in [-0.25, -0.2) is 0 Å². The molecule has 0 spiro atoms. The lowest BCUT2D eigenvalue weighted by Gasteiger charge is -2.10. The lowest BCUT2D eigenvalue weighted by molar-refractivity contribution is -0.117. The average molecular weight is 265 g/mol. The molecule has 1 atom stereocenters. The molecule has 20 heavy (non-hydrogen) atoms. The third-order valence-electron chi connectivity index (χ3n) is 4.00. The first-order valence-electron chi connectivity index (χ1n) is 7.14. The zero-order chi connectivity index (χ0) is 14.1. The van der Waals surface area contributed by atoms with Gasteiger partial charge in [-0.2, -0.15) is 0 Å². The van der Waals surface area contributed by atoms with E-state index in [1.807, 2.05) is 24.3 Å². The standard InChI is InChI=1S/C18H19NO/c1-12(2)14-9-7-13(8-10-14)11-16-15-5-3-4-6-17(15)19-18(16)20/h3-10,12,16H,11H2,1-2H3,(H,19,20). The van der Waals surface area contributed by atoms with Crippen LogP contribution in [0.25, 0.3) is 0 Å². The summed E-state index contributed by atoms with van der Waals surface area (Å²) in [5.41, 5.74) is 4.63. The van der Waals surface area contributed by atoms with Crippen LogP contribution in [0.3, 0.4) is 0 Å². The zero-order valence-electron chi connectivity index (χ0n) is 11.9. The highest BCUT2D eigenvalue weighted by Crippen LogP contribution is 2.34. The summed E-state index contributed by atoms with van der Waals surface area (Å²) in [6.45, 7) is 4.38. The number of hydrogen-bond donors (Lipinski definition) is 1. The summed E-state index contributed by atoms with van der Waals surface area (Å²) >= 11 is 0. The van der Waals surface area contributed by atoms with Crippen LogP contribution in [-0.4, -0.2) is 5.91 Å². The molecule has 3 rings (SSSR count). The predicted molar refractivity (Wildman–Crippen MR) is 82.0 cm³/mol. The van der Waals surface area contributed by atoms with Gasteiger partial charge < -0.3 is 5.32 Å². The summed E-state index contributed by atoms with van der Waals surface area (Å²) < 4.78 is 0. The maximum Gasteiger partial charge on any atom is 0.232 e. The topological polar surface area (TPSA) is 29.1 Å². The molecule has 2 aromatic rings. The SMILES string of the molecule is CC(C)c1ccc(CC2C(=O)Nc3ccccc32)cc1. The number of anilines is 1. The Morgan fingerprint density at radius 1 is 1.05 bits per heavy atom. The number of nitrogens with one attached hydrogen (secondary N) is 1. The molecular formula is C18H19NO. The number of benzene rings is 2. The molecule has 1 heterocycles. The van der Waals surface area contributed by atoms with Gasteiger partial charge in [0.25, 0.3) is 0 Å². The van der Waals surface area contributed by atoms with Crippen molar-refractivity contribution in [2.75, 3.05) is 5.32 Å². The number of carbonyl (C=O) groups excluding carboxylic acids is 1. The van der Waals surface area contributed by atoms with Gasteiger partial charge in [-0.1, -0.05) is 56.3 Å². The molecule has 102 valence electrons. The van der Waals surface area contributed by atoms with Gasteiger partial charge in [0.15, 0.2) is 0 Å². The third kappa shape index (κ3) is 2.34. The number of rotatable bonds is 3. The van der Waals surface area contributed by atoms with Crippen LogP contribution in [0.1, 0.15) is 42.4 Å². The first-order chi connectivity index (χ1) is 9.65. The highest BCUT2D eigenvalue weighted by atomic mass is 16.2. The quantitative estimate of drug-likeness (QED) is 0.889. The van der Waals surface area contributed by atoms with Crippen molar-refractivity contribution in [2.45, 2.75) is 32.1 Å². The average Bonchev–Trinajstić information content (AvgIpc) is 2.76. The van der Waals surface area contributed by atoms with Gasteiger partial charge in [-0.05, 0) is 35.1 Å². The van der Waals surface area contributed by atoms with E-state index in [-0.39, 0.29) is 11.8 Å². The molecule has 0 saturated carbocycles. The minimum atomic E-state index is -0.0592. The number of para-hydroxylation sites is 1. The Balaban J connectivity index is 1.83. The van der Waals surface area contributed by atoms with Crippen molar-refractivity contribution in [3.05, 3.63) is 65.2 Å². The van der Waals surface area contributed by atoms with Crippen molar-refractivity contribution in [3.8, 4) is 0 Å². The third-order valence-corrected chi connectivity index (χ3v) is 4.00. The van der Waals surface area contributed by atoms with Crippen molar-refractivity contribution >= 4 is 11.6 Å². The molecule has 0 bridgehead atoms. The monoisotopic (exact) mass is 265 g/mol. The largest absolute Gasteiger partial charge is 0.325 e. The van der Waals surface area contributed by atoms with Crippen molar-refractivity contribution in [1.82, 2.24) is 0 Å². The van der Waals surface area contributed by atoms with Crippen LogP contribution in [0, 0.1) is 0 Å². The van der Waals surface area contributed by atoms with Gasteiger partial charge in [-0.15, -0.1) is 0 Å². The second kappa shape index (κ2) is 5.12. The first kappa shape index (κ1) is 12.9. The van der Waals surface area contributed by atoms with Gasteiger partial charge in [0, 0.05) is 5.69 Å². The van der Waals surface area contributed by atoms with Gasteiger partial charge >= 0.3 is 0 Å². The first-order valence-corrected chi connectivity index (χ1v) is 7.14. The highest BCUT2D eigenvalue weighted by molar-refractivity contribution is 6.03. The number of fused-ring (bicyclic) bond motifs is 1. The lowest BCUT2D eigenvalue weighted by Crippen LogP contribution is -2.14. The zero-order valence-corrected chi connectivity index (χ0v) is 11.9. The molecule has 1 amide bonds. The second-order valence-electron chi connectivity index (χ2n) is 5.73. The van der Waals surface area contributed by atoms with Crippen molar-refractivity contribution in [2.24, 2.45) is 0 Å². The van der Waals surface area contributed by atoms with E-state index in [2.05, 4.69) is 43.4 Å². The molecule has 0 radical (unpaired) electrons. The van der Waals surface area contributed by atoms with Gasteiger partial charge in [0.2, 0.25) is 5.91 Å². The van der Waals surface area contributed by atoms with E-state index in [1.54, 1.807) is 0 Å². The molecule has 0 aromatic heterocycles. The molecule has 2 aromatic carbocycles. The second-order valence-corrected chi connectivity index (χ2v) is 5.73. The predicted octanol–water partition coefficient (Wildman–Crippen LogP) is 4.09. The van der Waals surface area contributed by atoms with Crippen LogP contribution >= 0.6 is 0 Å². The Labute approximate surface area is 119 Å². The van der Waals surface area contributed by atoms with Crippen molar-refractivity contribution in [3.63, 3.8) is 0 Å². The highest BCUT2D eigenvalue weighted by Gasteiger charge is 2.29. The van der Waals surface area contributed by atoms with E-state index in [9.17, 15) is 4.79 Å². The summed E-state index contributed by atoms with van der Waals surface area (Å²) in [6.07, 6.45) is 0.765. The minimum Gasteiger partial charge on any atom is -0.325 e. The van der Waals surface area contributed by atoms with Gasteiger partial charge in [0.1, 0.15) is 0 Å². The summed E-state index contributed by atoms with van der Waals surface area (Å²) in [6, 6.07) is 16.6. The fraction of sp³-hybridized carbons (Fsp3) is 0.278. The molecule has 1 aliphatic rings. The normalized spacial score (nSPS) is 17.1. The fourth-order valence-corrected chi connectivity index (χ4v) is 2.75. The van der Waals surface area contributed by atoms with Gasteiger partial charge in [-0.3, -0.25) is 4.79 Å². The Morgan fingerprint density at radius 3 is 2.45 bits per heavy atom. The van der Waals surface area contributed by atoms with Crippen LogP contribution in [-0.2, 0) is 11.2 Å². The smallest absolute Gasteiger partial charge is 0.232 e. The molecular weight excluding hydrogens is 246 g/mol. The van der Waals surface area contributed by atoms with Gasteiger partial charge in [0.05, 0.1) is 5.92 Å². The van der Waals surface area contributed by atoms with Crippen molar-refractivity contribution < 1.29 is 4.79 Å². The summed E-state index contributed by atoms with van der Waals surface area (Å²) in [5, 5.41) is 2.96. The van der Waals surface area contributed by atoms with Crippen molar-refractivity contribution in [1.29, 1.82) is 0 Å². The number of carbonyl (C=O) groups is 1. The molecule has 0 aliphatic carbocycles. The molecule has 1 unspecified atom stereocenters. The molecule has 0 fully saturated rings. The summed E-state index contributed by atoms with van der Waals surface area (Å²) in [5.74, 6) is 0.592. The summed E-state index contributed by atoms with van der Waals surface area (Å²) in [7, 11) is 0. The Kier molecular flexibility index (Phi) is 3.31. The summed E-state index contributed by atoms with van der Waals surface area (Å²) in [4.78, 5) is 12.1. The molecule has 1 aliphatic heterocycles. The van der Waals surface area contributed by atoms with E-state index in [4.69, 9.17) is 0 Å². The van der Waals surface area contributed by atoms with Crippen LogP contribution < -0.4 is 5.32 Å². The molecule has 1 N–H and O–H groups in total. The van der Waals surface area contributed by atoms with Crippen LogP contribution in [0.2, 0.25) is 0 Å². The molecule has 2 nitrogen and oxygen atoms in total.